The van der Waals surface area contributed by atoms with Crippen LogP contribution in [0.4, 0.5) is 0 Å². The third-order valence-corrected chi connectivity index (χ3v) is 6.11. The van der Waals surface area contributed by atoms with Crippen molar-refractivity contribution in [2.24, 2.45) is 5.92 Å². The van der Waals surface area contributed by atoms with Crippen LogP contribution in [0.15, 0.2) is 24.3 Å². The van der Waals surface area contributed by atoms with E-state index in [0.717, 1.165) is 63.4 Å². The Bertz CT molecular complexity index is 758. The largest absolute Gasteiger partial charge is 0.494 e. The third-order valence-electron chi connectivity index (χ3n) is 6.11. The van der Waals surface area contributed by atoms with E-state index in [1.807, 2.05) is 12.1 Å². The van der Waals surface area contributed by atoms with Crippen LogP contribution in [0.2, 0.25) is 0 Å². The summed E-state index contributed by atoms with van der Waals surface area (Å²) in [6.45, 7) is 0.566. The molecular formula is C24H33NO6. The van der Waals surface area contributed by atoms with Gasteiger partial charge in [-0.1, -0.05) is 44.2 Å². The minimum atomic E-state index is -1.32. The highest BCUT2D eigenvalue weighted by molar-refractivity contribution is 5.86. The molecule has 2 N–H and O–H groups in total. The van der Waals surface area contributed by atoms with Gasteiger partial charge in [0.05, 0.1) is 6.61 Å². The molecule has 1 aliphatic heterocycles. The number of benzene rings is 1. The second-order valence-electron chi connectivity index (χ2n) is 8.57. The lowest BCUT2D eigenvalue weighted by Gasteiger charge is -2.30. The first-order chi connectivity index (χ1) is 15.0. The predicted molar refractivity (Wildman–Crippen MR) is 115 cm³/mol. The van der Waals surface area contributed by atoms with Gasteiger partial charge in [0.2, 0.25) is 12.0 Å². The highest BCUT2D eigenvalue weighted by Gasteiger charge is 2.35. The van der Waals surface area contributed by atoms with Crippen LogP contribution in [0, 0.1) is 5.92 Å². The zero-order valence-electron chi connectivity index (χ0n) is 18.0. The molecule has 1 aliphatic carbocycles. The van der Waals surface area contributed by atoms with Gasteiger partial charge < -0.3 is 19.9 Å². The second-order valence-corrected chi connectivity index (χ2v) is 8.57. The number of cyclic esters (lactones) is 1. The highest BCUT2D eigenvalue weighted by Crippen LogP contribution is 2.28. The molecule has 1 aromatic carbocycles. The Morgan fingerprint density at radius 3 is 2.52 bits per heavy atom. The Kier molecular flexibility index (Phi) is 8.74. The summed E-state index contributed by atoms with van der Waals surface area (Å²) in [4.78, 5) is 37.4. The lowest BCUT2D eigenvalue weighted by molar-refractivity contribution is -0.167. The fraction of sp³-hybridized carbons (Fsp3) is 0.625. The zero-order chi connectivity index (χ0) is 22.1. The summed E-state index contributed by atoms with van der Waals surface area (Å²) in [5.41, 5.74) is 0.722. The zero-order valence-corrected chi connectivity index (χ0v) is 18.0. The van der Waals surface area contributed by atoms with Crippen molar-refractivity contribution in [1.82, 2.24) is 5.32 Å². The summed E-state index contributed by atoms with van der Waals surface area (Å²) in [6.07, 6.45) is 7.35. The van der Waals surface area contributed by atoms with Crippen LogP contribution in [0.5, 0.6) is 5.75 Å². The topological polar surface area (TPSA) is 102 Å². The molecule has 31 heavy (non-hydrogen) atoms. The molecule has 2 aliphatic rings. The molecule has 1 saturated carbocycles. The number of ether oxygens (including phenoxy) is 2. The highest BCUT2D eigenvalue weighted by atomic mass is 16.6. The van der Waals surface area contributed by atoms with Gasteiger partial charge in [-0.25, -0.2) is 9.59 Å². The first-order valence-corrected chi connectivity index (χ1v) is 11.5. The molecule has 2 unspecified atom stereocenters. The van der Waals surface area contributed by atoms with E-state index in [9.17, 15) is 19.5 Å². The Morgan fingerprint density at radius 1 is 1.00 bits per heavy atom. The molecule has 0 spiro atoms. The van der Waals surface area contributed by atoms with Crippen LogP contribution in [0.25, 0.3) is 0 Å². The van der Waals surface area contributed by atoms with Crippen LogP contribution in [-0.4, -0.2) is 41.7 Å². The van der Waals surface area contributed by atoms with E-state index in [2.05, 4.69) is 5.32 Å². The monoisotopic (exact) mass is 431 g/mol. The van der Waals surface area contributed by atoms with Gasteiger partial charge in [0.15, 0.2) is 0 Å². The van der Waals surface area contributed by atoms with Crippen molar-refractivity contribution in [3.63, 3.8) is 0 Å². The van der Waals surface area contributed by atoms with Crippen molar-refractivity contribution in [2.45, 2.75) is 82.8 Å². The van der Waals surface area contributed by atoms with Crippen molar-refractivity contribution >= 4 is 17.8 Å². The van der Waals surface area contributed by atoms with E-state index in [1.165, 1.54) is 0 Å². The standard InChI is InChI=1S/C24H33NO6/c26-21-13-6-1-2-7-14-30-19-12-8-9-17(15-19)16-20(23(27)28)31-24(29)22(25-21)18-10-4-3-5-11-18/h8-9,12,15,18,20,22H,1-7,10-11,13-14,16H2,(H,25,26)(H,27,28). The number of hydrogen-bond donors (Lipinski definition) is 2. The van der Waals surface area contributed by atoms with Gasteiger partial charge in [0.25, 0.3) is 0 Å². The maximum Gasteiger partial charge on any atom is 0.345 e. The molecule has 1 aromatic rings. The number of amides is 1. The van der Waals surface area contributed by atoms with E-state index < -0.39 is 24.1 Å². The summed E-state index contributed by atoms with van der Waals surface area (Å²) < 4.78 is 11.2. The number of carbonyl (C=O) groups is 3. The summed E-state index contributed by atoms with van der Waals surface area (Å²) >= 11 is 0. The van der Waals surface area contributed by atoms with Crippen LogP contribution in [0.3, 0.4) is 0 Å². The molecule has 1 amide bonds. The Hall–Kier alpha value is -2.57. The van der Waals surface area contributed by atoms with Gasteiger partial charge in [-0.15, -0.1) is 0 Å². The van der Waals surface area contributed by atoms with E-state index in [4.69, 9.17) is 9.47 Å². The molecule has 1 heterocycles. The molecule has 2 atom stereocenters. The number of carboxylic acid groups (broad SMARTS) is 1. The summed E-state index contributed by atoms with van der Waals surface area (Å²) in [7, 11) is 0. The second kappa shape index (κ2) is 11.7. The molecule has 7 nitrogen and oxygen atoms in total. The number of carboxylic acids is 1. The minimum absolute atomic E-state index is 0.0153. The molecular weight excluding hydrogens is 398 g/mol. The van der Waals surface area contributed by atoms with Crippen molar-refractivity contribution in [3.8, 4) is 5.75 Å². The van der Waals surface area contributed by atoms with Gasteiger partial charge in [0.1, 0.15) is 11.8 Å². The van der Waals surface area contributed by atoms with Crippen LogP contribution < -0.4 is 10.1 Å². The van der Waals surface area contributed by atoms with Crippen LogP contribution in [-0.2, 0) is 25.5 Å². The number of fused-ring (bicyclic) bond motifs is 2. The maximum atomic E-state index is 13.0. The average molecular weight is 432 g/mol. The van der Waals surface area contributed by atoms with Crippen molar-refractivity contribution in [3.05, 3.63) is 29.8 Å². The molecule has 7 heteroatoms. The lowest BCUT2D eigenvalue weighted by atomic mass is 9.83. The molecule has 170 valence electrons. The first-order valence-electron chi connectivity index (χ1n) is 11.5. The number of hydrogen-bond acceptors (Lipinski definition) is 5. The number of nitrogens with one attached hydrogen (secondary N) is 1. The van der Waals surface area contributed by atoms with Gasteiger partial charge in [0, 0.05) is 12.8 Å². The number of carbonyl (C=O) groups excluding carboxylic acids is 2. The number of esters is 1. The molecule has 0 radical (unpaired) electrons. The fourth-order valence-electron chi connectivity index (χ4n) is 4.38. The quantitative estimate of drug-likeness (QED) is 0.694. The normalized spacial score (nSPS) is 24.9. The predicted octanol–water partition coefficient (Wildman–Crippen LogP) is 3.63. The molecule has 0 aromatic heterocycles. The van der Waals surface area contributed by atoms with Gasteiger partial charge in [-0.2, -0.15) is 0 Å². The fourth-order valence-corrected chi connectivity index (χ4v) is 4.38. The van der Waals surface area contributed by atoms with Gasteiger partial charge >= 0.3 is 11.9 Å². The summed E-state index contributed by atoms with van der Waals surface area (Å²) in [6, 6.07) is 6.44. The molecule has 0 saturated heterocycles. The number of rotatable bonds is 2. The van der Waals surface area contributed by atoms with Crippen LogP contribution >= 0.6 is 0 Å². The van der Waals surface area contributed by atoms with Crippen LogP contribution in [0.1, 0.15) is 69.8 Å². The van der Waals surface area contributed by atoms with Crippen molar-refractivity contribution in [1.29, 1.82) is 0 Å². The maximum absolute atomic E-state index is 13.0. The van der Waals surface area contributed by atoms with E-state index >= 15 is 0 Å². The lowest BCUT2D eigenvalue weighted by Crippen LogP contribution is -2.49. The summed E-state index contributed by atoms with van der Waals surface area (Å²) in [5.74, 6) is -1.37. The summed E-state index contributed by atoms with van der Waals surface area (Å²) in [5, 5.41) is 12.5. The molecule has 3 rings (SSSR count). The van der Waals surface area contributed by atoms with E-state index in [-0.39, 0.29) is 18.2 Å². The average Bonchev–Trinajstić information content (AvgIpc) is 2.76. The first kappa shape index (κ1) is 23.1. The van der Waals surface area contributed by atoms with Crippen molar-refractivity contribution in [2.75, 3.05) is 6.61 Å². The van der Waals surface area contributed by atoms with Gasteiger partial charge in [-0.05, 0) is 49.3 Å². The Balaban J connectivity index is 1.80. The molecule has 2 bridgehead atoms. The van der Waals surface area contributed by atoms with E-state index in [1.54, 1.807) is 12.1 Å². The van der Waals surface area contributed by atoms with E-state index in [0.29, 0.717) is 18.8 Å². The van der Waals surface area contributed by atoms with Crippen molar-refractivity contribution < 1.29 is 29.0 Å². The minimum Gasteiger partial charge on any atom is -0.494 e. The smallest absolute Gasteiger partial charge is 0.345 e. The third kappa shape index (κ3) is 7.26. The number of aliphatic carboxylic acids is 1. The Labute approximate surface area is 183 Å². The SMILES string of the molecule is O=C1CCCCCCOc2cccc(c2)CC(C(=O)O)OC(=O)C(C2CCCCC2)N1. The van der Waals surface area contributed by atoms with Gasteiger partial charge in [-0.3, -0.25) is 4.79 Å². The Morgan fingerprint density at radius 2 is 1.74 bits per heavy atom. The molecule has 1 fully saturated rings.